The van der Waals surface area contributed by atoms with E-state index in [4.69, 9.17) is 11.6 Å². The van der Waals surface area contributed by atoms with Crippen LogP contribution in [0.25, 0.3) is 0 Å². The Bertz CT molecular complexity index is 1110. The third-order valence-electron chi connectivity index (χ3n) is 6.58. The van der Waals surface area contributed by atoms with Gasteiger partial charge < -0.3 is 9.67 Å². The van der Waals surface area contributed by atoms with Crippen LogP contribution in [-0.2, 0) is 19.5 Å². The molecule has 1 saturated heterocycles. The number of likely N-dealkylation sites (tertiary alicyclic amines) is 1. The number of imidazole rings is 1. The summed E-state index contributed by atoms with van der Waals surface area (Å²) in [6, 6.07) is 13.7. The summed E-state index contributed by atoms with van der Waals surface area (Å²) in [7, 11) is 0. The van der Waals surface area contributed by atoms with E-state index in [1.165, 1.54) is 0 Å². The fraction of sp³-hybridized carbons (Fsp3) is 0.400. The Morgan fingerprint density at radius 2 is 1.94 bits per heavy atom. The third-order valence-corrected chi connectivity index (χ3v) is 6.81. The first-order valence-electron chi connectivity index (χ1n) is 10.9. The second-order valence-electron chi connectivity index (χ2n) is 8.73. The predicted molar refractivity (Wildman–Crippen MR) is 124 cm³/mol. The van der Waals surface area contributed by atoms with Gasteiger partial charge in [0.15, 0.2) is 0 Å². The smallest absolute Gasteiger partial charge is 0.106 e. The van der Waals surface area contributed by atoms with E-state index in [1.54, 1.807) is 12.3 Å². The molecule has 32 heavy (non-hydrogen) atoms. The van der Waals surface area contributed by atoms with E-state index in [0.717, 1.165) is 61.7 Å². The largest absolute Gasteiger partial charge is 0.396 e. The zero-order chi connectivity index (χ0) is 22.6. The summed E-state index contributed by atoms with van der Waals surface area (Å²) in [6.07, 6.45) is 6.21. The topological polar surface area (TPSA) is 78.0 Å². The van der Waals surface area contributed by atoms with E-state index in [2.05, 4.69) is 25.5 Å². The molecule has 0 atom stereocenters. The molecule has 1 N–H and O–H groups in total. The number of aryl methyl sites for hydroxylation is 1. The summed E-state index contributed by atoms with van der Waals surface area (Å²) in [4.78, 5) is 11.4. The number of rotatable bonds is 7. The van der Waals surface area contributed by atoms with Crippen LogP contribution in [-0.4, -0.2) is 44.2 Å². The lowest BCUT2D eigenvalue weighted by Crippen LogP contribution is -2.43. The van der Waals surface area contributed by atoms with Crippen LogP contribution < -0.4 is 0 Å². The monoisotopic (exact) mass is 449 g/mol. The number of aliphatic hydroxyl groups is 1. The number of hydrogen-bond donors (Lipinski definition) is 1. The maximum Gasteiger partial charge on any atom is 0.106 e. The van der Waals surface area contributed by atoms with Gasteiger partial charge in [0.05, 0.1) is 23.9 Å². The quantitative estimate of drug-likeness (QED) is 0.590. The van der Waals surface area contributed by atoms with Crippen molar-refractivity contribution in [3.05, 3.63) is 82.2 Å². The number of aliphatic hydroxyl groups excluding tert-OH is 1. The number of pyridine rings is 1. The van der Waals surface area contributed by atoms with Crippen molar-refractivity contribution in [1.29, 1.82) is 5.26 Å². The minimum absolute atomic E-state index is 0.150. The van der Waals surface area contributed by atoms with Gasteiger partial charge in [-0.15, -0.1) is 0 Å². The SMILES string of the molecule is Cc1ncc(CN2CCC(CO)(Cc3cc(Cl)ccn3)CC2)n1Cc1ccccc1C#N. The standard InChI is InChI=1S/C25H28ClN5O/c1-19-29-15-24(31(19)16-21-5-3-2-4-20(21)14-27)17-30-10-7-25(18-32,8-11-30)13-23-12-22(26)6-9-28-23/h2-6,9,12,15,32H,7-8,10-11,13,16-18H2,1H3. The first-order chi connectivity index (χ1) is 15.5. The van der Waals surface area contributed by atoms with Gasteiger partial charge in [-0.1, -0.05) is 29.8 Å². The maximum absolute atomic E-state index is 10.2. The lowest BCUT2D eigenvalue weighted by atomic mass is 9.75. The molecule has 1 aliphatic rings. The van der Waals surface area contributed by atoms with E-state index in [1.807, 2.05) is 43.5 Å². The summed E-state index contributed by atoms with van der Waals surface area (Å²) in [5, 5.41) is 20.3. The molecular weight excluding hydrogens is 422 g/mol. The summed E-state index contributed by atoms with van der Waals surface area (Å²) in [5.74, 6) is 0.946. The van der Waals surface area contributed by atoms with Crippen molar-refractivity contribution in [2.24, 2.45) is 5.41 Å². The van der Waals surface area contributed by atoms with Crippen LogP contribution in [0.2, 0.25) is 5.02 Å². The molecule has 1 aliphatic heterocycles. The van der Waals surface area contributed by atoms with Gasteiger partial charge in [-0.05, 0) is 63.0 Å². The van der Waals surface area contributed by atoms with Crippen LogP contribution in [0, 0.1) is 23.7 Å². The lowest BCUT2D eigenvalue weighted by molar-refractivity contribution is 0.0399. The number of piperidine rings is 1. The Balaban J connectivity index is 1.43. The molecule has 3 aromatic rings. The van der Waals surface area contributed by atoms with Gasteiger partial charge in [-0.25, -0.2) is 4.98 Å². The molecule has 4 rings (SSSR count). The van der Waals surface area contributed by atoms with Gasteiger partial charge in [0.25, 0.3) is 0 Å². The molecule has 7 heteroatoms. The van der Waals surface area contributed by atoms with E-state index < -0.39 is 0 Å². The van der Waals surface area contributed by atoms with E-state index in [0.29, 0.717) is 17.1 Å². The average Bonchev–Trinajstić information content (AvgIpc) is 3.14. The molecule has 0 aliphatic carbocycles. The molecule has 1 aromatic carbocycles. The minimum atomic E-state index is -0.157. The minimum Gasteiger partial charge on any atom is -0.396 e. The number of aromatic nitrogens is 3. The Hall–Kier alpha value is -2.72. The molecule has 6 nitrogen and oxygen atoms in total. The molecule has 0 radical (unpaired) electrons. The number of hydrogen-bond acceptors (Lipinski definition) is 5. The van der Waals surface area contributed by atoms with Crippen LogP contribution in [0.5, 0.6) is 0 Å². The number of halogens is 1. The Labute approximate surface area is 194 Å². The van der Waals surface area contributed by atoms with E-state index in [9.17, 15) is 10.4 Å². The van der Waals surface area contributed by atoms with Crippen molar-refractivity contribution in [2.45, 2.75) is 39.3 Å². The molecule has 0 saturated carbocycles. The van der Waals surface area contributed by atoms with Crippen LogP contribution in [0.1, 0.15) is 41.2 Å². The summed E-state index contributed by atoms with van der Waals surface area (Å²) in [5.41, 5.74) is 3.63. The summed E-state index contributed by atoms with van der Waals surface area (Å²) in [6.45, 7) is 5.40. The highest BCUT2D eigenvalue weighted by Gasteiger charge is 2.35. The summed E-state index contributed by atoms with van der Waals surface area (Å²) < 4.78 is 2.19. The molecule has 0 unspecified atom stereocenters. The highest BCUT2D eigenvalue weighted by Crippen LogP contribution is 2.35. The van der Waals surface area contributed by atoms with Gasteiger partial charge in [0, 0.05) is 41.7 Å². The zero-order valence-electron chi connectivity index (χ0n) is 18.3. The second kappa shape index (κ2) is 9.83. The molecule has 0 spiro atoms. The van der Waals surface area contributed by atoms with Gasteiger partial charge in [-0.2, -0.15) is 5.26 Å². The number of benzene rings is 1. The first-order valence-corrected chi connectivity index (χ1v) is 11.3. The fourth-order valence-electron chi connectivity index (χ4n) is 4.53. The molecule has 2 aromatic heterocycles. The van der Waals surface area contributed by atoms with Crippen molar-refractivity contribution in [1.82, 2.24) is 19.4 Å². The number of nitrogens with zero attached hydrogens (tertiary/aromatic N) is 5. The molecule has 0 bridgehead atoms. The van der Waals surface area contributed by atoms with Crippen molar-refractivity contribution in [3.63, 3.8) is 0 Å². The molecular formula is C25H28ClN5O. The highest BCUT2D eigenvalue weighted by atomic mass is 35.5. The molecule has 1 fully saturated rings. The van der Waals surface area contributed by atoms with E-state index in [-0.39, 0.29) is 12.0 Å². The first kappa shape index (κ1) is 22.5. The van der Waals surface area contributed by atoms with Crippen LogP contribution in [0.3, 0.4) is 0 Å². The van der Waals surface area contributed by atoms with Crippen molar-refractivity contribution in [2.75, 3.05) is 19.7 Å². The maximum atomic E-state index is 10.2. The Morgan fingerprint density at radius 1 is 1.16 bits per heavy atom. The average molecular weight is 450 g/mol. The second-order valence-corrected chi connectivity index (χ2v) is 9.16. The normalized spacial score (nSPS) is 16.1. The van der Waals surface area contributed by atoms with Crippen molar-refractivity contribution in [3.8, 4) is 6.07 Å². The van der Waals surface area contributed by atoms with Gasteiger partial charge in [0.1, 0.15) is 5.82 Å². The van der Waals surface area contributed by atoms with Gasteiger partial charge in [-0.3, -0.25) is 9.88 Å². The van der Waals surface area contributed by atoms with Gasteiger partial charge >= 0.3 is 0 Å². The third kappa shape index (κ3) is 5.02. The zero-order valence-corrected chi connectivity index (χ0v) is 19.1. The fourth-order valence-corrected chi connectivity index (χ4v) is 4.71. The molecule has 3 heterocycles. The molecule has 166 valence electrons. The lowest BCUT2D eigenvalue weighted by Gasteiger charge is -2.40. The Morgan fingerprint density at radius 3 is 2.66 bits per heavy atom. The van der Waals surface area contributed by atoms with Crippen LogP contribution in [0.15, 0.2) is 48.8 Å². The van der Waals surface area contributed by atoms with Gasteiger partial charge in [0.2, 0.25) is 0 Å². The predicted octanol–water partition coefficient (Wildman–Crippen LogP) is 3.98. The highest BCUT2D eigenvalue weighted by molar-refractivity contribution is 6.30. The Kier molecular flexibility index (Phi) is 6.90. The summed E-state index contributed by atoms with van der Waals surface area (Å²) >= 11 is 6.12. The van der Waals surface area contributed by atoms with Crippen LogP contribution >= 0.6 is 11.6 Å². The van der Waals surface area contributed by atoms with Crippen molar-refractivity contribution < 1.29 is 5.11 Å². The number of nitriles is 1. The van der Waals surface area contributed by atoms with Crippen LogP contribution in [0.4, 0.5) is 0 Å². The molecule has 0 amide bonds. The van der Waals surface area contributed by atoms with Crippen molar-refractivity contribution >= 4 is 11.6 Å². The van der Waals surface area contributed by atoms with E-state index >= 15 is 0 Å².